The second kappa shape index (κ2) is 30.4. The van der Waals surface area contributed by atoms with Crippen LogP contribution < -0.4 is 22.8 Å². The highest BCUT2D eigenvalue weighted by molar-refractivity contribution is 5.64. The molecule has 0 aliphatic carbocycles. The van der Waals surface area contributed by atoms with Crippen molar-refractivity contribution in [2.75, 3.05) is 0 Å². The van der Waals surface area contributed by atoms with Gasteiger partial charge in [-0.2, -0.15) is 0 Å². The first-order valence-electron chi connectivity index (χ1n) is 32.1. The van der Waals surface area contributed by atoms with Gasteiger partial charge in [0.05, 0.1) is 0 Å². The molecule has 0 amide bonds. The third-order valence-corrected chi connectivity index (χ3v) is 14.4. The topological polar surface area (TPSA) is 19.4 Å². The van der Waals surface area contributed by atoms with Crippen LogP contribution in [0.4, 0.5) is 0 Å². The molecule has 416 valence electrons. The second-order valence-electron chi connectivity index (χ2n) is 21.1. The summed E-state index contributed by atoms with van der Waals surface area (Å²) in [6.07, 6.45) is 8.30. The number of pyridine rings is 5. The molecule has 0 radical (unpaired) electrons. The van der Waals surface area contributed by atoms with Crippen LogP contribution in [0.5, 0.6) is 0 Å². The Labute approximate surface area is 499 Å². The van der Waals surface area contributed by atoms with Crippen molar-refractivity contribution >= 4 is 0 Å². The molecule has 0 fully saturated rings. The molecule has 5 aromatic heterocycles. The fraction of sp³-hybridized carbons (Fsp3) is 0.276. The van der Waals surface area contributed by atoms with Gasteiger partial charge >= 0.3 is 0 Å². The van der Waals surface area contributed by atoms with E-state index in [0.29, 0.717) is 11.1 Å². The van der Waals surface area contributed by atoms with Crippen molar-refractivity contribution in [1.29, 1.82) is 0 Å². The predicted molar refractivity (Wildman–Crippen MR) is 340 cm³/mol. The van der Waals surface area contributed by atoms with Gasteiger partial charge in [-0.05, 0) is 158 Å². The number of benzene rings is 5. The molecule has 0 N–H and O–H groups in total. The largest absolute Gasteiger partial charge is 0.212 e. The summed E-state index contributed by atoms with van der Waals surface area (Å²) in [4.78, 5) is 0. The number of aromatic nitrogens is 5. The van der Waals surface area contributed by atoms with E-state index in [1.54, 1.807) is 13.0 Å². The molecular weight excluding hydrogens is 983 g/mol. The molecule has 0 aliphatic heterocycles. The highest BCUT2D eigenvalue weighted by Crippen LogP contribution is 2.26. The van der Waals surface area contributed by atoms with E-state index in [4.69, 9.17) is 11.0 Å². The Bertz CT molecular complexity index is 3950. The zero-order valence-corrected chi connectivity index (χ0v) is 50.8. The van der Waals surface area contributed by atoms with E-state index in [-0.39, 0.29) is 5.92 Å². The molecule has 5 aromatic carbocycles. The van der Waals surface area contributed by atoms with Gasteiger partial charge in [0.2, 0.25) is 28.5 Å². The van der Waals surface area contributed by atoms with Crippen LogP contribution in [0, 0.1) is 40.5 Å². The molecule has 81 heavy (non-hydrogen) atoms. The Morgan fingerprint density at radius 2 is 0.741 bits per heavy atom. The van der Waals surface area contributed by atoms with Crippen LogP contribution in [-0.2, 0) is 54.4 Å². The van der Waals surface area contributed by atoms with Gasteiger partial charge in [-0.25, -0.2) is 22.8 Å². The summed E-state index contributed by atoms with van der Waals surface area (Å²) < 4.78 is 73.4. The minimum absolute atomic E-state index is 0.0556. The van der Waals surface area contributed by atoms with Crippen molar-refractivity contribution in [3.8, 4) is 56.3 Å². The SMILES string of the molecule is CCc1ccc(-c2cccc[n+]2C)c(C)c1.Cc1ccccc1-c1cccc[n+]1C.[2H]C([2H])(C)c1cc[n+](C)c(-c2ccccc2C)c1.[2H]C([2H])([2H])C([2H])(C)c1cc[n+](C)c(-c2ccccc2C)c1.[2H]C([2H])(c1cc[n+](C)c(-c2ccccc2C)c1)C(C)C. The summed E-state index contributed by atoms with van der Waals surface area (Å²) in [6.45, 7) is 17.2. The van der Waals surface area contributed by atoms with Crippen molar-refractivity contribution in [1.82, 2.24) is 0 Å². The molecule has 10 aromatic rings. The fourth-order valence-corrected chi connectivity index (χ4v) is 9.60. The van der Waals surface area contributed by atoms with E-state index >= 15 is 0 Å². The summed E-state index contributed by atoms with van der Waals surface area (Å²) in [6, 6.07) is 63.2. The molecule has 10 rings (SSSR count). The molecule has 0 bridgehead atoms. The number of nitrogens with zero attached hydrogens (tertiary/aromatic N) is 5. The van der Waals surface area contributed by atoms with Crippen LogP contribution in [0.25, 0.3) is 56.3 Å². The summed E-state index contributed by atoms with van der Waals surface area (Å²) in [5.41, 5.74) is 21.0. The van der Waals surface area contributed by atoms with Gasteiger partial charge < -0.3 is 0 Å². The van der Waals surface area contributed by atoms with Crippen molar-refractivity contribution in [2.45, 2.75) is 101 Å². The molecule has 5 nitrogen and oxygen atoms in total. The molecular formula is C76H92N5+5. The van der Waals surface area contributed by atoms with E-state index in [1.165, 1.54) is 57.3 Å². The fourth-order valence-electron chi connectivity index (χ4n) is 9.60. The first-order valence-corrected chi connectivity index (χ1v) is 28.1. The van der Waals surface area contributed by atoms with E-state index in [2.05, 4.69) is 167 Å². The van der Waals surface area contributed by atoms with Crippen LogP contribution in [-0.4, -0.2) is 0 Å². The molecule has 1 unspecified atom stereocenters. The zero-order chi connectivity index (χ0) is 65.6. The Morgan fingerprint density at radius 3 is 1.14 bits per heavy atom. The summed E-state index contributed by atoms with van der Waals surface area (Å²) >= 11 is 0. The van der Waals surface area contributed by atoms with Gasteiger partial charge in [-0.15, -0.1) is 0 Å². The summed E-state index contributed by atoms with van der Waals surface area (Å²) in [5.74, 6) is -1.68. The Balaban J connectivity index is 0.000000178. The van der Waals surface area contributed by atoms with E-state index in [9.17, 15) is 0 Å². The minimum atomic E-state index is -2.37. The number of hydrogen-bond acceptors (Lipinski definition) is 0. The van der Waals surface area contributed by atoms with Gasteiger partial charge in [-0.1, -0.05) is 126 Å². The first kappa shape index (κ1) is 51.0. The van der Waals surface area contributed by atoms with Crippen molar-refractivity contribution < 1.29 is 33.8 Å². The van der Waals surface area contributed by atoms with Crippen LogP contribution >= 0.6 is 0 Å². The quantitative estimate of drug-likeness (QED) is 0.122. The highest BCUT2D eigenvalue weighted by atomic mass is 14.9. The Kier molecular flexibility index (Phi) is 19.2. The van der Waals surface area contributed by atoms with Gasteiger partial charge in [0.15, 0.2) is 31.0 Å². The monoisotopic (exact) mass is 1080 g/mol. The lowest BCUT2D eigenvalue weighted by Gasteiger charge is -2.08. The maximum atomic E-state index is 8.26. The third kappa shape index (κ3) is 17.4. The molecule has 0 spiro atoms. The summed E-state index contributed by atoms with van der Waals surface area (Å²) in [5, 5.41) is 0. The Hall–Kier alpha value is -8.15. The van der Waals surface area contributed by atoms with Gasteiger partial charge in [0, 0.05) is 99.4 Å². The standard InChI is InChI=1S/C17H22N.C16H20N.2C15H18N.C13H14N/c1-13(2)11-15-9-10-18(4)17(12-15)16-8-6-5-7-14(16)3;1-12(2)14-9-10-17(4)16(11-14)15-8-6-5-7-13(15)3;1-4-13-8-9-14(12(2)11-13)15-7-5-6-10-16(15)3;1-4-13-9-10-16(3)15(11-13)14-8-6-5-7-12(14)2;1-11-7-3-4-8-12(11)13-9-5-6-10-14(13)2/h5-10,12-13H,11H2,1-4H3;5-12H,1-4H3;2*5-11H,4H2,1-3H3;3-10H,1-2H3/q5*+1/i11D2;1D3,12D;;4D2;. The molecule has 0 aliphatic rings. The first-order chi connectivity index (χ1) is 41.9. The van der Waals surface area contributed by atoms with Crippen LogP contribution in [0.1, 0.15) is 108 Å². The lowest BCUT2D eigenvalue weighted by Crippen LogP contribution is -2.30. The normalized spacial score (nSPS) is 13.3. The maximum Gasteiger partial charge on any atom is 0.212 e. The predicted octanol–water partition coefficient (Wildman–Crippen LogP) is 15.9. The van der Waals surface area contributed by atoms with Gasteiger partial charge in [-0.3, -0.25) is 0 Å². The molecule has 0 saturated carbocycles. The highest BCUT2D eigenvalue weighted by Gasteiger charge is 2.17. The van der Waals surface area contributed by atoms with Gasteiger partial charge in [0.25, 0.3) is 0 Å². The second-order valence-corrected chi connectivity index (χ2v) is 21.1. The Morgan fingerprint density at radius 1 is 0.370 bits per heavy atom. The molecule has 5 heteroatoms. The number of aryl methyl sites for hydroxylation is 12. The zero-order valence-electron chi connectivity index (χ0n) is 58.8. The summed E-state index contributed by atoms with van der Waals surface area (Å²) in [7, 11) is 10.1. The molecule has 1 atom stereocenters. The number of hydrogen-bond donors (Lipinski definition) is 0. The third-order valence-electron chi connectivity index (χ3n) is 14.4. The molecule has 0 saturated heterocycles. The van der Waals surface area contributed by atoms with E-state index < -0.39 is 25.5 Å². The molecule has 5 heterocycles. The lowest BCUT2D eigenvalue weighted by atomic mass is 9.99. The van der Waals surface area contributed by atoms with E-state index in [0.717, 1.165) is 51.3 Å². The average Bonchev–Trinajstić information content (AvgIpc) is 2.37. The average molecular weight is 1080 g/mol. The van der Waals surface area contributed by atoms with Crippen LogP contribution in [0.15, 0.2) is 219 Å². The lowest BCUT2D eigenvalue weighted by molar-refractivity contribution is -0.660. The van der Waals surface area contributed by atoms with Crippen molar-refractivity contribution in [3.05, 3.63) is 269 Å². The van der Waals surface area contributed by atoms with Gasteiger partial charge in [0.1, 0.15) is 35.2 Å². The van der Waals surface area contributed by atoms with Crippen LogP contribution in [0.3, 0.4) is 0 Å². The van der Waals surface area contributed by atoms with Crippen LogP contribution in [0.2, 0.25) is 0 Å². The van der Waals surface area contributed by atoms with Crippen molar-refractivity contribution in [2.24, 2.45) is 41.2 Å². The number of rotatable bonds is 10. The van der Waals surface area contributed by atoms with E-state index in [1.807, 2.05) is 159 Å². The minimum Gasteiger partial charge on any atom is -0.201 e. The maximum absolute atomic E-state index is 8.26. The van der Waals surface area contributed by atoms with Crippen molar-refractivity contribution in [3.63, 3.8) is 0 Å². The smallest absolute Gasteiger partial charge is 0.201 e.